The second kappa shape index (κ2) is 6.29. The smallest absolute Gasteiger partial charge is 0.218 e. The molecule has 122 valence electrons. The van der Waals surface area contributed by atoms with E-state index in [0.29, 0.717) is 25.1 Å². The normalized spacial score (nSPS) is 15.2. The lowest BCUT2D eigenvalue weighted by molar-refractivity contribution is 0.386. The molecule has 0 saturated carbocycles. The van der Waals surface area contributed by atoms with Gasteiger partial charge in [0.1, 0.15) is 11.6 Å². The van der Waals surface area contributed by atoms with Crippen molar-refractivity contribution in [1.82, 2.24) is 4.31 Å². The Labute approximate surface area is 135 Å². The fourth-order valence-corrected chi connectivity index (χ4v) is 4.25. The highest BCUT2D eigenvalue weighted by atomic mass is 32.2. The van der Waals surface area contributed by atoms with Crippen molar-refractivity contribution in [2.75, 3.05) is 13.7 Å². The molecule has 6 heteroatoms. The third-order valence-electron chi connectivity index (χ3n) is 4.05. The molecule has 2 aromatic rings. The van der Waals surface area contributed by atoms with Gasteiger partial charge in [-0.15, -0.1) is 0 Å². The van der Waals surface area contributed by atoms with Crippen molar-refractivity contribution < 1.29 is 17.5 Å². The molecule has 23 heavy (non-hydrogen) atoms. The van der Waals surface area contributed by atoms with Crippen LogP contribution in [0.5, 0.6) is 5.75 Å². The fourth-order valence-electron chi connectivity index (χ4n) is 2.75. The molecule has 1 heterocycles. The summed E-state index contributed by atoms with van der Waals surface area (Å²) in [6.45, 7) is 0.812. The molecule has 0 spiro atoms. The van der Waals surface area contributed by atoms with Gasteiger partial charge < -0.3 is 4.74 Å². The summed E-state index contributed by atoms with van der Waals surface area (Å²) < 4.78 is 44.8. The molecule has 0 aliphatic carbocycles. The van der Waals surface area contributed by atoms with Crippen molar-refractivity contribution in [2.45, 2.75) is 18.7 Å². The lowest BCUT2D eigenvalue weighted by atomic mass is 10.0. The van der Waals surface area contributed by atoms with Crippen molar-refractivity contribution in [3.8, 4) is 5.75 Å². The van der Waals surface area contributed by atoms with E-state index in [1.54, 1.807) is 7.11 Å². The Kier molecular flexibility index (Phi) is 4.37. The summed E-state index contributed by atoms with van der Waals surface area (Å²) >= 11 is 0. The van der Waals surface area contributed by atoms with Gasteiger partial charge in [-0.2, -0.15) is 4.31 Å². The van der Waals surface area contributed by atoms with Gasteiger partial charge >= 0.3 is 0 Å². The molecule has 1 aliphatic heterocycles. The van der Waals surface area contributed by atoms with E-state index in [4.69, 9.17) is 4.74 Å². The third-order valence-corrected chi connectivity index (χ3v) is 5.84. The average molecular weight is 335 g/mol. The average Bonchev–Trinajstić information content (AvgIpc) is 2.55. The Hall–Kier alpha value is -1.92. The number of hydrogen-bond donors (Lipinski definition) is 0. The van der Waals surface area contributed by atoms with Gasteiger partial charge in [0.2, 0.25) is 10.0 Å². The maximum Gasteiger partial charge on any atom is 0.218 e. The molecule has 0 saturated heterocycles. The highest BCUT2D eigenvalue weighted by molar-refractivity contribution is 7.88. The Balaban J connectivity index is 1.77. The third kappa shape index (κ3) is 3.54. The van der Waals surface area contributed by atoms with E-state index < -0.39 is 10.0 Å². The second-order valence-corrected chi connectivity index (χ2v) is 7.57. The topological polar surface area (TPSA) is 46.6 Å². The molecule has 0 N–H and O–H groups in total. The number of hydrogen-bond acceptors (Lipinski definition) is 3. The first kappa shape index (κ1) is 16.0. The van der Waals surface area contributed by atoms with Crippen LogP contribution in [-0.2, 0) is 28.7 Å². The van der Waals surface area contributed by atoms with Crippen molar-refractivity contribution in [2.24, 2.45) is 0 Å². The molecular formula is C17H18FNO3S. The molecule has 0 atom stereocenters. The molecule has 1 aliphatic rings. The summed E-state index contributed by atoms with van der Waals surface area (Å²) in [5, 5.41) is 0. The number of sulfonamides is 1. The van der Waals surface area contributed by atoms with Crippen molar-refractivity contribution in [3.63, 3.8) is 0 Å². The summed E-state index contributed by atoms with van der Waals surface area (Å²) in [5.41, 5.74) is 2.71. The van der Waals surface area contributed by atoms with Crippen LogP contribution in [0.4, 0.5) is 4.39 Å². The molecule has 0 unspecified atom stereocenters. The van der Waals surface area contributed by atoms with Crippen LogP contribution in [0.15, 0.2) is 42.5 Å². The summed E-state index contributed by atoms with van der Waals surface area (Å²) in [6, 6.07) is 11.3. The zero-order chi connectivity index (χ0) is 16.4. The zero-order valence-electron chi connectivity index (χ0n) is 12.8. The van der Waals surface area contributed by atoms with E-state index in [2.05, 4.69) is 0 Å². The number of benzene rings is 2. The molecule has 0 fully saturated rings. The molecule has 0 radical (unpaired) electrons. The number of methoxy groups -OCH3 is 1. The lowest BCUT2D eigenvalue weighted by Crippen LogP contribution is -2.36. The predicted octanol–water partition coefficient (Wildman–Crippen LogP) is 2.72. The largest absolute Gasteiger partial charge is 0.497 e. The van der Waals surface area contributed by atoms with E-state index in [1.165, 1.54) is 28.6 Å². The monoisotopic (exact) mass is 335 g/mol. The number of ether oxygens (including phenoxy) is 1. The van der Waals surface area contributed by atoms with Gasteiger partial charge in [-0.3, -0.25) is 0 Å². The van der Waals surface area contributed by atoms with Crippen LogP contribution >= 0.6 is 0 Å². The standard InChI is InChI=1S/C17H18FNO3S/c1-22-17-7-4-15-11-19(9-8-14(15)10-17)23(20,21)12-13-2-5-16(18)6-3-13/h2-7,10H,8-9,11-12H2,1H3. The second-order valence-electron chi connectivity index (χ2n) is 5.60. The quantitative estimate of drug-likeness (QED) is 0.863. The van der Waals surface area contributed by atoms with Crippen LogP contribution in [-0.4, -0.2) is 26.4 Å². The molecule has 0 amide bonds. The number of nitrogens with zero attached hydrogens (tertiary/aromatic N) is 1. The van der Waals surface area contributed by atoms with Gasteiger partial charge in [-0.05, 0) is 47.4 Å². The summed E-state index contributed by atoms with van der Waals surface area (Å²) in [5.74, 6) is 0.303. The number of fused-ring (bicyclic) bond motifs is 1. The van der Waals surface area contributed by atoms with Crippen LogP contribution in [0.3, 0.4) is 0 Å². The fraction of sp³-hybridized carbons (Fsp3) is 0.294. The predicted molar refractivity (Wildman–Crippen MR) is 86.1 cm³/mol. The van der Waals surface area contributed by atoms with Crippen LogP contribution in [0.25, 0.3) is 0 Å². The summed E-state index contributed by atoms with van der Waals surface area (Å²) in [4.78, 5) is 0. The Morgan fingerprint density at radius 3 is 2.57 bits per heavy atom. The van der Waals surface area contributed by atoms with Gasteiger partial charge in [0, 0.05) is 13.1 Å². The van der Waals surface area contributed by atoms with Gasteiger partial charge in [-0.25, -0.2) is 12.8 Å². The first-order chi connectivity index (χ1) is 11.0. The number of rotatable bonds is 4. The van der Waals surface area contributed by atoms with Gasteiger partial charge in [0.25, 0.3) is 0 Å². The number of halogens is 1. The van der Waals surface area contributed by atoms with Crippen molar-refractivity contribution >= 4 is 10.0 Å². The minimum absolute atomic E-state index is 0.112. The lowest BCUT2D eigenvalue weighted by Gasteiger charge is -2.28. The zero-order valence-corrected chi connectivity index (χ0v) is 13.6. The summed E-state index contributed by atoms with van der Waals surface area (Å²) in [7, 11) is -1.81. The molecule has 4 nitrogen and oxygen atoms in total. The highest BCUT2D eigenvalue weighted by Gasteiger charge is 2.27. The van der Waals surface area contributed by atoms with Crippen molar-refractivity contribution in [1.29, 1.82) is 0 Å². The van der Waals surface area contributed by atoms with E-state index in [0.717, 1.165) is 16.9 Å². The maximum atomic E-state index is 12.9. The first-order valence-corrected chi connectivity index (χ1v) is 8.97. The molecule has 3 rings (SSSR count). The van der Waals surface area contributed by atoms with Gasteiger partial charge in [-0.1, -0.05) is 18.2 Å². The SMILES string of the molecule is COc1ccc2c(c1)CCN(S(=O)(=O)Cc1ccc(F)cc1)C2. The van der Waals surface area contributed by atoms with E-state index in [1.807, 2.05) is 18.2 Å². The Morgan fingerprint density at radius 1 is 1.13 bits per heavy atom. The maximum absolute atomic E-state index is 12.9. The molecule has 0 aromatic heterocycles. The van der Waals surface area contributed by atoms with Crippen LogP contribution in [0, 0.1) is 5.82 Å². The van der Waals surface area contributed by atoms with E-state index in [9.17, 15) is 12.8 Å². The minimum Gasteiger partial charge on any atom is -0.497 e. The molecule has 0 bridgehead atoms. The van der Waals surface area contributed by atoms with E-state index in [-0.39, 0.29) is 11.6 Å². The Morgan fingerprint density at radius 2 is 1.87 bits per heavy atom. The highest BCUT2D eigenvalue weighted by Crippen LogP contribution is 2.26. The van der Waals surface area contributed by atoms with Gasteiger partial charge in [0.15, 0.2) is 0 Å². The van der Waals surface area contributed by atoms with Crippen LogP contribution in [0.1, 0.15) is 16.7 Å². The molecule has 2 aromatic carbocycles. The van der Waals surface area contributed by atoms with E-state index >= 15 is 0 Å². The van der Waals surface area contributed by atoms with Crippen LogP contribution in [0.2, 0.25) is 0 Å². The molecular weight excluding hydrogens is 317 g/mol. The van der Waals surface area contributed by atoms with Crippen molar-refractivity contribution in [3.05, 3.63) is 65.0 Å². The van der Waals surface area contributed by atoms with Gasteiger partial charge in [0.05, 0.1) is 12.9 Å². The summed E-state index contributed by atoms with van der Waals surface area (Å²) in [6.07, 6.45) is 0.662. The first-order valence-electron chi connectivity index (χ1n) is 7.36. The Bertz CT molecular complexity index is 803. The minimum atomic E-state index is -3.43. The van der Waals surface area contributed by atoms with Crippen LogP contribution < -0.4 is 4.74 Å².